The Hall–Kier alpha value is 0.590. The lowest BCUT2D eigenvalue weighted by Gasteiger charge is -2.31. The number of hydrogen-bond acceptors (Lipinski definition) is 3. The number of alkyl halides is 5. The van der Waals surface area contributed by atoms with E-state index in [0.29, 0.717) is 6.42 Å². The fraction of sp³-hybridized carbons (Fsp3) is 0.846. The van der Waals surface area contributed by atoms with Crippen molar-refractivity contribution >= 4 is 69.8 Å². The van der Waals surface area contributed by atoms with E-state index < -0.39 is 25.8 Å². The Kier molecular flexibility index (Phi) is 9.94. The molecule has 0 saturated heterocycles. The number of rotatable bonds is 9. The van der Waals surface area contributed by atoms with Gasteiger partial charge < -0.3 is 4.74 Å². The summed E-state index contributed by atoms with van der Waals surface area (Å²) in [5.41, 5.74) is 0. The van der Waals surface area contributed by atoms with Crippen molar-refractivity contribution in [2.75, 3.05) is 6.61 Å². The maximum atomic E-state index is 12.3. The van der Waals surface area contributed by atoms with Crippen LogP contribution < -0.4 is 0 Å². The first-order chi connectivity index (χ1) is 9.58. The van der Waals surface area contributed by atoms with Gasteiger partial charge in [0, 0.05) is 6.42 Å². The topological polar surface area (TPSA) is 43.4 Å². The van der Waals surface area contributed by atoms with Crippen LogP contribution in [0.4, 0.5) is 0 Å². The maximum absolute atomic E-state index is 12.3. The van der Waals surface area contributed by atoms with Crippen molar-refractivity contribution in [3.63, 3.8) is 0 Å². The van der Waals surface area contributed by atoms with Crippen molar-refractivity contribution < 1.29 is 14.3 Å². The molecule has 0 rings (SSSR count). The van der Waals surface area contributed by atoms with Crippen LogP contribution in [-0.4, -0.2) is 26.5 Å². The Bertz CT molecular complexity index is 352. The highest BCUT2D eigenvalue weighted by atomic mass is 35.6. The summed E-state index contributed by atoms with van der Waals surface area (Å²) in [6, 6.07) is 0. The van der Waals surface area contributed by atoms with Gasteiger partial charge in [-0.25, -0.2) is 4.79 Å². The molecule has 0 amide bonds. The molecular weight excluding hydrogens is 381 g/mol. The van der Waals surface area contributed by atoms with Crippen LogP contribution in [0.3, 0.4) is 0 Å². The number of hydrogen-bond donors (Lipinski definition) is 0. The Balaban J connectivity index is 5.04. The number of carbonyl (C=O) groups is 2. The van der Waals surface area contributed by atoms with Crippen molar-refractivity contribution in [2.45, 2.75) is 54.1 Å². The average Bonchev–Trinajstić information content (AvgIpc) is 2.33. The zero-order valence-electron chi connectivity index (χ0n) is 11.9. The van der Waals surface area contributed by atoms with Crippen molar-refractivity contribution in [3.8, 4) is 0 Å². The first-order valence-corrected chi connectivity index (χ1v) is 8.62. The van der Waals surface area contributed by atoms with Gasteiger partial charge >= 0.3 is 5.97 Å². The highest BCUT2D eigenvalue weighted by molar-refractivity contribution is 6.70. The van der Waals surface area contributed by atoms with Crippen LogP contribution in [0.25, 0.3) is 0 Å². The van der Waals surface area contributed by atoms with Gasteiger partial charge in [0.25, 0.3) is 0 Å². The van der Waals surface area contributed by atoms with Crippen molar-refractivity contribution in [3.05, 3.63) is 0 Å². The molecule has 8 heteroatoms. The van der Waals surface area contributed by atoms with Crippen molar-refractivity contribution in [1.29, 1.82) is 0 Å². The molecule has 0 aliphatic carbocycles. The standard InChI is InChI=1S/C13H19Cl5O3/c1-3-5-6-7-8-9(19)10(13(16,17)18)12(14,15)11(20)21-4-2/h10H,3-8H2,1-2H3. The van der Waals surface area contributed by atoms with Crippen LogP contribution in [0.15, 0.2) is 0 Å². The fourth-order valence-electron chi connectivity index (χ4n) is 1.81. The van der Waals surface area contributed by atoms with Gasteiger partial charge in [-0.15, -0.1) is 0 Å². The lowest BCUT2D eigenvalue weighted by atomic mass is 9.96. The molecule has 0 aromatic rings. The number of unbranched alkanes of at least 4 members (excludes halogenated alkanes) is 3. The maximum Gasteiger partial charge on any atom is 0.343 e. The third-order valence-electron chi connectivity index (χ3n) is 2.84. The van der Waals surface area contributed by atoms with E-state index in [4.69, 9.17) is 62.7 Å². The van der Waals surface area contributed by atoms with Gasteiger partial charge in [0.15, 0.2) is 0 Å². The zero-order chi connectivity index (χ0) is 16.7. The van der Waals surface area contributed by atoms with E-state index in [9.17, 15) is 9.59 Å². The summed E-state index contributed by atoms with van der Waals surface area (Å²) in [5, 5.41) is 0. The van der Waals surface area contributed by atoms with Gasteiger partial charge in [0.1, 0.15) is 11.7 Å². The van der Waals surface area contributed by atoms with Crippen LogP contribution >= 0.6 is 58.0 Å². The Labute approximate surface area is 150 Å². The van der Waals surface area contributed by atoms with E-state index >= 15 is 0 Å². The number of carbonyl (C=O) groups excluding carboxylic acids is 2. The van der Waals surface area contributed by atoms with Gasteiger partial charge in [-0.2, -0.15) is 0 Å². The second-order valence-corrected chi connectivity index (χ2v) is 8.35. The molecular formula is C13H19Cl5O3. The number of ether oxygens (including phenoxy) is 1. The molecule has 21 heavy (non-hydrogen) atoms. The number of Topliss-reactive ketones (excluding diaryl/α,β-unsaturated/α-hetero) is 1. The monoisotopic (exact) mass is 398 g/mol. The third kappa shape index (κ3) is 7.13. The van der Waals surface area contributed by atoms with Crippen molar-refractivity contribution in [2.24, 2.45) is 5.92 Å². The Morgan fingerprint density at radius 3 is 2.00 bits per heavy atom. The molecule has 0 aromatic carbocycles. The molecule has 0 fully saturated rings. The minimum Gasteiger partial charge on any atom is -0.464 e. The van der Waals surface area contributed by atoms with E-state index in [2.05, 4.69) is 6.92 Å². The molecule has 0 bridgehead atoms. The normalized spacial score (nSPS) is 13.9. The van der Waals surface area contributed by atoms with Gasteiger partial charge in [0.05, 0.1) is 6.61 Å². The molecule has 0 radical (unpaired) electrons. The number of esters is 1. The lowest BCUT2D eigenvalue weighted by molar-refractivity contribution is -0.147. The summed E-state index contributed by atoms with van der Waals surface area (Å²) in [6.07, 6.45) is 3.65. The summed E-state index contributed by atoms with van der Waals surface area (Å²) in [4.78, 5) is 24.1. The van der Waals surface area contributed by atoms with E-state index in [1.807, 2.05) is 0 Å². The van der Waals surface area contributed by atoms with Gasteiger partial charge in [0.2, 0.25) is 8.13 Å². The predicted molar refractivity (Wildman–Crippen MR) is 88.6 cm³/mol. The first-order valence-electron chi connectivity index (χ1n) is 6.73. The van der Waals surface area contributed by atoms with Crippen LogP contribution in [0.5, 0.6) is 0 Å². The first kappa shape index (κ1) is 21.6. The van der Waals surface area contributed by atoms with E-state index in [1.54, 1.807) is 6.92 Å². The molecule has 0 aromatic heterocycles. The average molecular weight is 401 g/mol. The summed E-state index contributed by atoms with van der Waals surface area (Å²) in [6.45, 7) is 3.69. The van der Waals surface area contributed by atoms with Crippen LogP contribution in [-0.2, 0) is 14.3 Å². The van der Waals surface area contributed by atoms with E-state index in [-0.39, 0.29) is 13.0 Å². The lowest BCUT2D eigenvalue weighted by Crippen LogP contribution is -2.47. The molecule has 0 spiro atoms. The summed E-state index contributed by atoms with van der Waals surface area (Å²) in [7, 11) is 0. The SMILES string of the molecule is CCCCCCC(=O)C(C(Cl)(Cl)Cl)C(Cl)(Cl)C(=O)OCC. The molecule has 0 saturated carbocycles. The highest BCUT2D eigenvalue weighted by Crippen LogP contribution is 2.47. The Morgan fingerprint density at radius 1 is 1.00 bits per heavy atom. The smallest absolute Gasteiger partial charge is 0.343 e. The molecule has 0 N–H and O–H groups in total. The summed E-state index contributed by atoms with van der Waals surface area (Å²) >= 11 is 29.3. The van der Waals surface area contributed by atoms with Crippen LogP contribution in [0.2, 0.25) is 0 Å². The summed E-state index contributed by atoms with van der Waals surface area (Å²) in [5.74, 6) is -2.95. The number of halogens is 5. The molecule has 0 heterocycles. The van der Waals surface area contributed by atoms with E-state index in [1.165, 1.54) is 0 Å². The molecule has 0 aliphatic rings. The minimum atomic E-state index is -2.23. The number of ketones is 1. The van der Waals surface area contributed by atoms with Gasteiger partial charge in [-0.05, 0) is 13.3 Å². The highest BCUT2D eigenvalue weighted by Gasteiger charge is 2.56. The minimum absolute atomic E-state index is 0.0529. The second-order valence-electron chi connectivity index (χ2n) is 4.60. The van der Waals surface area contributed by atoms with Crippen LogP contribution in [0.1, 0.15) is 46.0 Å². The molecule has 3 nitrogen and oxygen atoms in total. The van der Waals surface area contributed by atoms with Gasteiger partial charge in [-0.3, -0.25) is 4.79 Å². The van der Waals surface area contributed by atoms with Gasteiger partial charge in [-0.1, -0.05) is 84.2 Å². The van der Waals surface area contributed by atoms with E-state index in [0.717, 1.165) is 19.3 Å². The third-order valence-corrected chi connectivity index (χ3v) is 4.24. The summed E-state index contributed by atoms with van der Waals surface area (Å²) < 4.78 is 0.413. The molecule has 124 valence electrons. The predicted octanol–water partition coefficient (Wildman–Crippen LogP) is 5.25. The van der Waals surface area contributed by atoms with Crippen LogP contribution in [0, 0.1) is 5.92 Å². The largest absolute Gasteiger partial charge is 0.464 e. The molecule has 1 unspecified atom stereocenters. The molecule has 1 atom stereocenters. The quantitative estimate of drug-likeness (QED) is 0.302. The second kappa shape index (κ2) is 9.67. The fourth-order valence-corrected chi connectivity index (χ4v) is 3.68. The zero-order valence-corrected chi connectivity index (χ0v) is 15.7. The van der Waals surface area contributed by atoms with Crippen molar-refractivity contribution in [1.82, 2.24) is 0 Å². The Morgan fingerprint density at radius 2 is 1.57 bits per heavy atom. The molecule has 0 aliphatic heterocycles.